The van der Waals surface area contributed by atoms with Crippen LogP contribution in [0.2, 0.25) is 0 Å². The third-order valence-electron chi connectivity index (χ3n) is 1.69. The summed E-state index contributed by atoms with van der Waals surface area (Å²) in [5.74, 6) is -0.0485. The van der Waals surface area contributed by atoms with Crippen molar-refractivity contribution in [3.63, 3.8) is 0 Å². The van der Waals surface area contributed by atoms with E-state index in [1.54, 1.807) is 11.8 Å². The summed E-state index contributed by atoms with van der Waals surface area (Å²) < 4.78 is 0. The maximum atomic E-state index is 10.9. The Morgan fingerprint density at radius 3 is 2.86 bits per heavy atom. The Morgan fingerprint density at radius 1 is 1.64 bits per heavy atom. The van der Waals surface area contributed by atoms with Gasteiger partial charge < -0.3 is 5.11 Å². The lowest BCUT2D eigenvalue weighted by Crippen LogP contribution is -1.98. The normalized spacial score (nSPS) is 10.4. The lowest BCUT2D eigenvalue weighted by atomic mass is 10.2. The molecule has 0 saturated heterocycles. The van der Waals surface area contributed by atoms with Crippen molar-refractivity contribution >= 4 is 29.1 Å². The molecular weight excluding hydrogens is 218 g/mol. The van der Waals surface area contributed by atoms with E-state index in [4.69, 9.17) is 5.11 Å². The molecule has 0 aliphatic carbocycles. The lowest BCUT2D eigenvalue weighted by Gasteiger charge is -1.93. The first-order valence-corrected chi connectivity index (χ1v) is 6.60. The van der Waals surface area contributed by atoms with Crippen molar-refractivity contribution in [1.82, 2.24) is 4.98 Å². The fourth-order valence-electron chi connectivity index (χ4n) is 1.16. The summed E-state index contributed by atoms with van der Waals surface area (Å²) in [6.45, 7) is 2.03. The summed E-state index contributed by atoms with van der Waals surface area (Å²) in [6, 6.07) is 0. The van der Waals surface area contributed by atoms with E-state index >= 15 is 0 Å². The monoisotopic (exact) mass is 231 g/mol. The molecule has 0 radical (unpaired) electrons. The fraction of sp³-hybridized carbons (Fsp3) is 0.556. The molecule has 1 heterocycles. The van der Waals surface area contributed by atoms with Crippen LogP contribution in [0.1, 0.15) is 33.7 Å². The Bertz CT molecular complexity index is 323. The van der Waals surface area contributed by atoms with E-state index in [2.05, 4.69) is 4.98 Å². The van der Waals surface area contributed by atoms with Crippen LogP contribution in [0.4, 0.5) is 0 Å². The van der Waals surface area contributed by atoms with E-state index in [0.717, 1.165) is 29.3 Å². The summed E-state index contributed by atoms with van der Waals surface area (Å²) in [6.07, 6.45) is 3.68. The summed E-state index contributed by atoms with van der Waals surface area (Å²) >= 11 is 2.96. The number of nitrogens with zero attached hydrogens (tertiary/aromatic N) is 1. The highest BCUT2D eigenvalue weighted by Crippen LogP contribution is 2.22. The van der Waals surface area contributed by atoms with Gasteiger partial charge in [-0.05, 0) is 12.7 Å². The van der Waals surface area contributed by atoms with E-state index in [1.807, 2.05) is 13.2 Å². The van der Waals surface area contributed by atoms with Crippen LogP contribution in [-0.2, 0) is 12.2 Å². The maximum absolute atomic E-state index is 10.9. The highest BCUT2D eigenvalue weighted by molar-refractivity contribution is 7.97. The molecule has 1 aromatic heterocycles. The van der Waals surface area contributed by atoms with Crippen molar-refractivity contribution < 1.29 is 9.90 Å². The second-order valence-corrected chi connectivity index (χ2v) is 4.82. The van der Waals surface area contributed by atoms with Crippen LogP contribution in [-0.4, -0.2) is 22.3 Å². The Labute approximate surface area is 91.6 Å². The Balaban J connectivity index is 2.93. The van der Waals surface area contributed by atoms with Crippen molar-refractivity contribution in [1.29, 1.82) is 0 Å². The van der Waals surface area contributed by atoms with Gasteiger partial charge in [-0.3, -0.25) is 0 Å². The van der Waals surface area contributed by atoms with E-state index < -0.39 is 5.97 Å². The van der Waals surface area contributed by atoms with Gasteiger partial charge in [0.2, 0.25) is 0 Å². The number of carboxylic acids is 1. The Morgan fingerprint density at radius 2 is 2.36 bits per heavy atom. The van der Waals surface area contributed by atoms with E-state index in [9.17, 15) is 4.79 Å². The molecule has 5 heteroatoms. The number of carboxylic acid groups (broad SMARTS) is 1. The molecule has 0 fully saturated rings. The second-order valence-electron chi connectivity index (χ2n) is 2.87. The van der Waals surface area contributed by atoms with Crippen LogP contribution in [0, 0.1) is 0 Å². The van der Waals surface area contributed by atoms with Crippen molar-refractivity contribution in [2.24, 2.45) is 0 Å². The minimum atomic E-state index is -0.849. The third-order valence-corrected chi connectivity index (χ3v) is 3.52. The zero-order chi connectivity index (χ0) is 10.6. The van der Waals surface area contributed by atoms with Gasteiger partial charge in [-0.2, -0.15) is 11.8 Å². The molecule has 1 aromatic rings. The number of thiazole rings is 1. The molecule has 3 nitrogen and oxygen atoms in total. The van der Waals surface area contributed by atoms with E-state index in [1.165, 1.54) is 11.3 Å². The van der Waals surface area contributed by atoms with Gasteiger partial charge in [0, 0.05) is 5.75 Å². The van der Waals surface area contributed by atoms with Gasteiger partial charge in [0.1, 0.15) is 9.88 Å². The number of carbonyl (C=O) groups is 1. The number of aromatic carboxylic acids is 1. The Hall–Kier alpha value is -0.550. The van der Waals surface area contributed by atoms with Crippen molar-refractivity contribution in [2.75, 3.05) is 6.26 Å². The molecule has 1 N–H and O–H groups in total. The number of hydrogen-bond donors (Lipinski definition) is 1. The second kappa shape index (κ2) is 5.36. The van der Waals surface area contributed by atoms with E-state index in [-0.39, 0.29) is 0 Å². The largest absolute Gasteiger partial charge is 0.477 e. The Kier molecular flexibility index (Phi) is 4.41. The molecule has 0 unspecified atom stereocenters. The van der Waals surface area contributed by atoms with Gasteiger partial charge in [0.05, 0.1) is 5.69 Å². The quantitative estimate of drug-likeness (QED) is 0.846. The molecule has 0 saturated carbocycles. The standard InChI is InChI=1S/C9H13NO2S2/c1-3-4-6-8(9(11)12)14-7(10-6)5-13-2/h3-5H2,1-2H3,(H,11,12). The SMILES string of the molecule is CCCc1nc(CSC)sc1C(=O)O. The molecule has 0 bridgehead atoms. The van der Waals surface area contributed by atoms with Gasteiger partial charge in [-0.1, -0.05) is 13.3 Å². The minimum absolute atomic E-state index is 0.413. The van der Waals surface area contributed by atoms with Crippen LogP contribution < -0.4 is 0 Å². The van der Waals surface area contributed by atoms with Crippen LogP contribution in [0.15, 0.2) is 0 Å². The number of hydrogen-bond acceptors (Lipinski definition) is 4. The van der Waals surface area contributed by atoms with Gasteiger partial charge >= 0.3 is 5.97 Å². The number of thioether (sulfide) groups is 1. The molecule has 0 aliphatic rings. The highest BCUT2D eigenvalue weighted by atomic mass is 32.2. The predicted octanol–water partition coefficient (Wildman–Crippen LogP) is 2.66. The number of rotatable bonds is 5. The van der Waals surface area contributed by atoms with Gasteiger partial charge in [0.15, 0.2) is 0 Å². The maximum Gasteiger partial charge on any atom is 0.347 e. The average Bonchev–Trinajstić information content (AvgIpc) is 2.49. The first-order valence-electron chi connectivity index (χ1n) is 4.39. The first-order chi connectivity index (χ1) is 6.69. The van der Waals surface area contributed by atoms with Gasteiger partial charge in [-0.15, -0.1) is 11.3 Å². The van der Waals surface area contributed by atoms with Crippen LogP contribution in [0.5, 0.6) is 0 Å². The van der Waals surface area contributed by atoms with Crippen molar-refractivity contribution in [2.45, 2.75) is 25.5 Å². The van der Waals surface area contributed by atoms with Crippen molar-refractivity contribution in [3.05, 3.63) is 15.6 Å². The molecule has 1 rings (SSSR count). The minimum Gasteiger partial charge on any atom is -0.477 e. The average molecular weight is 231 g/mol. The summed E-state index contributed by atoms with van der Waals surface area (Å²) in [4.78, 5) is 15.6. The molecule has 0 amide bonds. The van der Waals surface area contributed by atoms with Gasteiger partial charge in [-0.25, -0.2) is 9.78 Å². The molecule has 78 valence electrons. The van der Waals surface area contributed by atoms with Crippen LogP contribution in [0.3, 0.4) is 0 Å². The zero-order valence-electron chi connectivity index (χ0n) is 8.24. The molecule has 0 aliphatic heterocycles. The molecule has 14 heavy (non-hydrogen) atoms. The third kappa shape index (κ3) is 2.72. The van der Waals surface area contributed by atoms with Crippen LogP contribution >= 0.6 is 23.1 Å². The number of aromatic nitrogens is 1. The van der Waals surface area contributed by atoms with Gasteiger partial charge in [0.25, 0.3) is 0 Å². The predicted molar refractivity (Wildman–Crippen MR) is 60.3 cm³/mol. The highest BCUT2D eigenvalue weighted by Gasteiger charge is 2.15. The zero-order valence-corrected chi connectivity index (χ0v) is 9.87. The number of aryl methyl sites for hydroxylation is 1. The summed E-state index contributed by atoms with van der Waals surface area (Å²) in [5, 5.41) is 9.85. The molecule has 0 atom stereocenters. The first kappa shape index (κ1) is 11.5. The molecular formula is C9H13NO2S2. The lowest BCUT2D eigenvalue weighted by molar-refractivity contribution is 0.0700. The van der Waals surface area contributed by atoms with Crippen LogP contribution in [0.25, 0.3) is 0 Å². The fourth-order valence-corrected chi connectivity index (χ4v) is 2.80. The molecule has 0 spiro atoms. The summed E-state index contributed by atoms with van der Waals surface area (Å²) in [7, 11) is 0. The summed E-state index contributed by atoms with van der Waals surface area (Å²) in [5.41, 5.74) is 0.744. The van der Waals surface area contributed by atoms with Crippen molar-refractivity contribution in [3.8, 4) is 0 Å². The van der Waals surface area contributed by atoms with E-state index in [0.29, 0.717) is 4.88 Å². The topological polar surface area (TPSA) is 50.2 Å². The molecule has 0 aromatic carbocycles. The smallest absolute Gasteiger partial charge is 0.347 e.